The van der Waals surface area contributed by atoms with Gasteiger partial charge in [0, 0.05) is 15.7 Å². The van der Waals surface area contributed by atoms with Gasteiger partial charge in [-0.05, 0) is 30.5 Å². The summed E-state index contributed by atoms with van der Waals surface area (Å²) >= 11 is 1.83. The van der Waals surface area contributed by atoms with E-state index < -0.39 is 0 Å². The highest BCUT2D eigenvalue weighted by atomic mass is 32.1. The van der Waals surface area contributed by atoms with Gasteiger partial charge in [-0.1, -0.05) is 50.6 Å². The van der Waals surface area contributed by atoms with E-state index in [2.05, 4.69) is 68.7 Å². The van der Waals surface area contributed by atoms with Gasteiger partial charge in [0.05, 0.1) is 6.04 Å². The van der Waals surface area contributed by atoms with E-state index >= 15 is 0 Å². The standard InChI is InChI=1S/C17H24N2S/c1-4-12(2)16(14-8-6-5-7-9-14)17(19-18)15-11-10-13(3)20-15/h5-12,16-17,19H,4,18H2,1-3H3. The van der Waals surface area contributed by atoms with Gasteiger partial charge in [-0.15, -0.1) is 11.3 Å². The number of hydrogen-bond donors (Lipinski definition) is 2. The van der Waals surface area contributed by atoms with Gasteiger partial charge in [0.2, 0.25) is 0 Å². The second-order valence-electron chi connectivity index (χ2n) is 5.41. The molecule has 2 rings (SSSR count). The Morgan fingerprint density at radius 3 is 2.35 bits per heavy atom. The maximum absolute atomic E-state index is 5.90. The molecule has 0 spiro atoms. The van der Waals surface area contributed by atoms with Crippen LogP contribution in [0.3, 0.4) is 0 Å². The van der Waals surface area contributed by atoms with Crippen molar-refractivity contribution >= 4 is 11.3 Å². The summed E-state index contributed by atoms with van der Waals surface area (Å²) in [6.07, 6.45) is 1.14. The molecule has 0 aliphatic rings. The van der Waals surface area contributed by atoms with Crippen molar-refractivity contribution in [1.82, 2.24) is 5.43 Å². The first-order valence-corrected chi connectivity index (χ1v) is 8.06. The zero-order valence-electron chi connectivity index (χ0n) is 12.5. The Bertz CT molecular complexity index is 521. The summed E-state index contributed by atoms with van der Waals surface area (Å²) in [5.41, 5.74) is 4.41. The second-order valence-corrected chi connectivity index (χ2v) is 6.73. The highest BCUT2D eigenvalue weighted by Gasteiger charge is 2.28. The fourth-order valence-corrected chi connectivity index (χ4v) is 3.75. The van der Waals surface area contributed by atoms with Crippen molar-refractivity contribution in [2.75, 3.05) is 0 Å². The molecule has 0 saturated carbocycles. The lowest BCUT2D eigenvalue weighted by molar-refractivity contribution is 0.347. The molecule has 20 heavy (non-hydrogen) atoms. The van der Waals surface area contributed by atoms with Gasteiger partial charge in [0.25, 0.3) is 0 Å². The fourth-order valence-electron chi connectivity index (χ4n) is 2.76. The van der Waals surface area contributed by atoms with Gasteiger partial charge in [0.1, 0.15) is 0 Å². The highest BCUT2D eigenvalue weighted by Crippen LogP contribution is 2.40. The molecule has 0 radical (unpaired) electrons. The minimum atomic E-state index is 0.172. The smallest absolute Gasteiger partial charge is 0.0624 e. The maximum Gasteiger partial charge on any atom is 0.0624 e. The van der Waals surface area contributed by atoms with E-state index in [1.807, 2.05) is 11.3 Å². The minimum absolute atomic E-state index is 0.172. The predicted molar refractivity (Wildman–Crippen MR) is 87.8 cm³/mol. The molecule has 0 bridgehead atoms. The predicted octanol–water partition coefficient (Wildman–Crippen LogP) is 4.39. The molecule has 2 aromatic rings. The molecule has 3 heteroatoms. The van der Waals surface area contributed by atoms with Crippen LogP contribution < -0.4 is 11.3 Å². The van der Waals surface area contributed by atoms with Crippen molar-refractivity contribution in [2.45, 2.75) is 39.2 Å². The Hall–Kier alpha value is -1.16. The number of nitrogens with one attached hydrogen (secondary N) is 1. The van der Waals surface area contributed by atoms with E-state index in [0.29, 0.717) is 11.8 Å². The first-order valence-electron chi connectivity index (χ1n) is 7.24. The van der Waals surface area contributed by atoms with Crippen molar-refractivity contribution in [3.63, 3.8) is 0 Å². The number of hydrazine groups is 1. The molecule has 0 aliphatic heterocycles. The molecule has 0 aliphatic carbocycles. The van der Waals surface area contributed by atoms with Crippen molar-refractivity contribution < 1.29 is 0 Å². The Kier molecular flexibility index (Phi) is 5.35. The zero-order chi connectivity index (χ0) is 14.5. The molecule has 1 aromatic carbocycles. The first-order chi connectivity index (χ1) is 9.67. The normalized spacial score (nSPS) is 15.8. The number of hydrogen-bond acceptors (Lipinski definition) is 3. The van der Waals surface area contributed by atoms with Crippen LogP contribution in [0.1, 0.15) is 47.5 Å². The van der Waals surface area contributed by atoms with Crippen molar-refractivity contribution in [2.24, 2.45) is 11.8 Å². The van der Waals surface area contributed by atoms with Crippen LogP contribution in [-0.2, 0) is 0 Å². The third-order valence-electron chi connectivity index (χ3n) is 4.05. The lowest BCUT2D eigenvalue weighted by Crippen LogP contribution is -2.34. The first kappa shape index (κ1) is 15.2. The highest BCUT2D eigenvalue weighted by molar-refractivity contribution is 7.12. The van der Waals surface area contributed by atoms with Crippen LogP contribution in [0.25, 0.3) is 0 Å². The van der Waals surface area contributed by atoms with Gasteiger partial charge in [-0.2, -0.15) is 0 Å². The van der Waals surface area contributed by atoms with Gasteiger partial charge >= 0.3 is 0 Å². The summed E-state index contributed by atoms with van der Waals surface area (Å²) in [5.74, 6) is 6.86. The van der Waals surface area contributed by atoms with Crippen LogP contribution in [0, 0.1) is 12.8 Å². The molecule has 3 atom stereocenters. The average Bonchev–Trinajstić information content (AvgIpc) is 2.91. The van der Waals surface area contributed by atoms with Gasteiger partial charge in [0.15, 0.2) is 0 Å². The van der Waals surface area contributed by atoms with Crippen LogP contribution in [0.15, 0.2) is 42.5 Å². The topological polar surface area (TPSA) is 38.0 Å². The molecule has 0 saturated heterocycles. The summed E-state index contributed by atoms with van der Waals surface area (Å²) in [4.78, 5) is 2.65. The van der Waals surface area contributed by atoms with Crippen molar-refractivity contribution in [3.05, 3.63) is 57.8 Å². The van der Waals surface area contributed by atoms with Crippen LogP contribution in [0.5, 0.6) is 0 Å². The van der Waals surface area contributed by atoms with E-state index in [4.69, 9.17) is 5.84 Å². The maximum atomic E-state index is 5.90. The lowest BCUT2D eigenvalue weighted by atomic mass is 9.80. The van der Waals surface area contributed by atoms with Crippen molar-refractivity contribution in [3.8, 4) is 0 Å². The molecule has 1 aromatic heterocycles. The summed E-state index contributed by atoms with van der Waals surface area (Å²) in [5, 5.41) is 0. The number of benzene rings is 1. The van der Waals surface area contributed by atoms with E-state index in [9.17, 15) is 0 Å². The van der Waals surface area contributed by atoms with Crippen molar-refractivity contribution in [1.29, 1.82) is 0 Å². The Morgan fingerprint density at radius 1 is 1.15 bits per heavy atom. The molecule has 0 fully saturated rings. The number of aryl methyl sites for hydroxylation is 1. The molecule has 2 nitrogen and oxygen atoms in total. The number of thiophene rings is 1. The van der Waals surface area contributed by atoms with Gasteiger partial charge in [-0.25, -0.2) is 0 Å². The molecule has 1 heterocycles. The van der Waals surface area contributed by atoms with Crippen LogP contribution >= 0.6 is 11.3 Å². The Morgan fingerprint density at radius 2 is 1.85 bits per heavy atom. The Balaban J connectivity index is 2.39. The molecule has 108 valence electrons. The summed E-state index contributed by atoms with van der Waals surface area (Å²) in [6.45, 7) is 6.69. The van der Waals surface area contributed by atoms with Crippen LogP contribution in [0.4, 0.5) is 0 Å². The average molecular weight is 288 g/mol. The summed E-state index contributed by atoms with van der Waals surface area (Å²) < 4.78 is 0. The quantitative estimate of drug-likeness (QED) is 0.611. The molecular formula is C17H24N2S. The number of rotatable bonds is 6. The third-order valence-corrected chi connectivity index (χ3v) is 5.13. The van der Waals surface area contributed by atoms with E-state index in [1.54, 1.807) is 0 Å². The lowest BCUT2D eigenvalue weighted by Gasteiger charge is -2.31. The minimum Gasteiger partial charge on any atom is -0.271 e. The Labute approximate surface area is 126 Å². The van der Waals surface area contributed by atoms with E-state index in [-0.39, 0.29) is 6.04 Å². The van der Waals surface area contributed by atoms with Gasteiger partial charge < -0.3 is 0 Å². The third kappa shape index (κ3) is 3.29. The fraction of sp³-hybridized carbons (Fsp3) is 0.412. The monoisotopic (exact) mass is 288 g/mol. The largest absolute Gasteiger partial charge is 0.271 e. The molecule has 0 amide bonds. The SMILES string of the molecule is CCC(C)C(c1ccccc1)C(NN)c1ccc(C)s1. The second kappa shape index (κ2) is 7.02. The number of nitrogens with two attached hydrogens (primary N) is 1. The van der Waals surface area contributed by atoms with Crippen LogP contribution in [-0.4, -0.2) is 0 Å². The van der Waals surface area contributed by atoms with Gasteiger partial charge in [-0.3, -0.25) is 11.3 Å². The van der Waals surface area contributed by atoms with E-state index in [1.165, 1.54) is 15.3 Å². The molecular weight excluding hydrogens is 264 g/mol. The molecule has 3 unspecified atom stereocenters. The van der Waals surface area contributed by atoms with Crippen LogP contribution in [0.2, 0.25) is 0 Å². The summed E-state index contributed by atoms with van der Waals surface area (Å²) in [6, 6.07) is 15.2. The van der Waals surface area contributed by atoms with E-state index in [0.717, 1.165) is 6.42 Å². The molecule has 3 N–H and O–H groups in total. The zero-order valence-corrected chi connectivity index (χ0v) is 13.3. The summed E-state index contributed by atoms with van der Waals surface area (Å²) in [7, 11) is 0.